The van der Waals surface area contributed by atoms with Crippen LogP contribution in [0.4, 0.5) is 0 Å². The van der Waals surface area contributed by atoms with Gasteiger partial charge in [-0.3, -0.25) is 4.79 Å². The Morgan fingerprint density at radius 1 is 1.05 bits per heavy atom. The smallest absolute Gasteiger partial charge is 0.193 e. The Morgan fingerprint density at radius 3 is 2.36 bits per heavy atom. The average molecular weight is 312 g/mol. The molecule has 0 aliphatic rings. The molecule has 0 aliphatic carbocycles. The van der Waals surface area contributed by atoms with Crippen LogP contribution in [0.15, 0.2) is 53.1 Å². The van der Waals surface area contributed by atoms with Crippen LogP contribution in [0.5, 0.6) is 0 Å². The number of benzene rings is 2. The van der Waals surface area contributed by atoms with Gasteiger partial charge in [-0.25, -0.2) is 0 Å². The van der Waals surface area contributed by atoms with Crippen LogP contribution in [0.25, 0.3) is 11.1 Å². The first-order valence-electron chi connectivity index (χ1n) is 6.90. The van der Waals surface area contributed by atoms with Crippen LogP contribution in [0.3, 0.4) is 0 Å². The van der Waals surface area contributed by atoms with Crippen LogP contribution in [0.2, 0.25) is 5.02 Å². The topological polar surface area (TPSA) is 43.1 Å². The summed E-state index contributed by atoms with van der Waals surface area (Å²) in [5.74, 6) is 0.654. The maximum absolute atomic E-state index is 12.8. The van der Waals surface area contributed by atoms with Crippen molar-refractivity contribution in [1.82, 2.24) is 5.16 Å². The Kier molecular flexibility index (Phi) is 3.82. The Labute approximate surface area is 133 Å². The molecule has 3 nitrogen and oxygen atoms in total. The summed E-state index contributed by atoms with van der Waals surface area (Å²) in [6, 6.07) is 14.4. The van der Waals surface area contributed by atoms with Crippen LogP contribution in [0.1, 0.15) is 27.4 Å². The third-order valence-electron chi connectivity index (χ3n) is 3.58. The molecular weight excluding hydrogens is 298 g/mol. The predicted octanol–water partition coefficient (Wildman–Crippen LogP) is 4.84. The van der Waals surface area contributed by atoms with Gasteiger partial charge < -0.3 is 4.52 Å². The molecule has 0 atom stereocenters. The van der Waals surface area contributed by atoms with Crippen molar-refractivity contribution in [1.29, 1.82) is 0 Å². The number of aryl methyl sites for hydroxylation is 2. The summed E-state index contributed by atoms with van der Waals surface area (Å²) >= 11 is 5.88. The zero-order valence-electron chi connectivity index (χ0n) is 12.3. The summed E-state index contributed by atoms with van der Waals surface area (Å²) in [6.45, 7) is 3.72. The molecule has 2 aromatic carbocycles. The number of hydrogen-bond acceptors (Lipinski definition) is 3. The van der Waals surface area contributed by atoms with Gasteiger partial charge in [0.05, 0.1) is 5.69 Å². The highest BCUT2D eigenvalue weighted by Crippen LogP contribution is 2.31. The summed E-state index contributed by atoms with van der Waals surface area (Å²) in [5.41, 5.74) is 3.70. The number of carbonyl (C=O) groups excluding carboxylic acids is 1. The minimum atomic E-state index is -0.0488. The van der Waals surface area contributed by atoms with Gasteiger partial charge in [-0.1, -0.05) is 41.0 Å². The molecule has 0 saturated heterocycles. The monoisotopic (exact) mass is 311 g/mol. The maximum atomic E-state index is 12.8. The van der Waals surface area contributed by atoms with Crippen LogP contribution in [0, 0.1) is 13.8 Å². The second-order valence-corrected chi connectivity index (χ2v) is 5.52. The van der Waals surface area contributed by atoms with E-state index in [0.29, 0.717) is 21.9 Å². The van der Waals surface area contributed by atoms with E-state index in [-0.39, 0.29) is 5.78 Å². The average Bonchev–Trinajstić information content (AvgIpc) is 2.86. The van der Waals surface area contributed by atoms with Crippen molar-refractivity contribution in [3.63, 3.8) is 0 Å². The van der Waals surface area contributed by atoms with Crippen molar-refractivity contribution in [2.45, 2.75) is 13.8 Å². The van der Waals surface area contributed by atoms with Crippen molar-refractivity contribution in [3.8, 4) is 11.1 Å². The Bertz CT molecular complexity index is 815. The lowest BCUT2D eigenvalue weighted by atomic mass is 9.93. The van der Waals surface area contributed by atoms with Gasteiger partial charge in [-0.2, -0.15) is 0 Å². The molecule has 0 bridgehead atoms. The molecule has 1 heterocycles. The van der Waals surface area contributed by atoms with E-state index in [1.165, 1.54) is 0 Å². The number of halogens is 1. The summed E-state index contributed by atoms with van der Waals surface area (Å²) < 4.78 is 5.23. The van der Waals surface area contributed by atoms with Crippen molar-refractivity contribution < 1.29 is 9.32 Å². The third kappa shape index (κ3) is 2.55. The highest BCUT2D eigenvalue weighted by atomic mass is 35.5. The van der Waals surface area contributed by atoms with Gasteiger partial charge in [0.15, 0.2) is 5.78 Å². The largest absolute Gasteiger partial charge is 0.361 e. The van der Waals surface area contributed by atoms with Crippen LogP contribution in [-0.4, -0.2) is 10.9 Å². The Balaban J connectivity index is 2.13. The molecule has 0 fully saturated rings. The highest BCUT2D eigenvalue weighted by molar-refractivity contribution is 6.30. The van der Waals surface area contributed by atoms with E-state index in [1.807, 2.05) is 38.1 Å². The number of ketones is 1. The number of rotatable bonds is 3. The van der Waals surface area contributed by atoms with E-state index in [4.69, 9.17) is 16.1 Å². The fourth-order valence-corrected chi connectivity index (χ4v) is 2.65. The molecule has 0 unspecified atom stereocenters. The first kappa shape index (κ1) is 14.5. The summed E-state index contributed by atoms with van der Waals surface area (Å²) in [7, 11) is 0. The quantitative estimate of drug-likeness (QED) is 0.650. The second-order valence-electron chi connectivity index (χ2n) is 5.08. The van der Waals surface area contributed by atoms with Gasteiger partial charge >= 0.3 is 0 Å². The molecule has 0 radical (unpaired) electrons. The standard InChI is InChI=1S/C18H14ClNO2/c1-11-17(12(2)22-20-11)15-5-3-4-6-16(15)18(21)13-7-9-14(19)10-8-13/h3-10H,1-2H3. The van der Waals surface area contributed by atoms with Crippen LogP contribution in [-0.2, 0) is 0 Å². The number of hydrogen-bond donors (Lipinski definition) is 0. The number of aromatic nitrogens is 1. The molecule has 22 heavy (non-hydrogen) atoms. The van der Waals surface area contributed by atoms with Crippen LogP contribution >= 0.6 is 11.6 Å². The molecule has 1 aromatic heterocycles. The zero-order chi connectivity index (χ0) is 15.7. The fraction of sp³-hybridized carbons (Fsp3) is 0.111. The predicted molar refractivity (Wildman–Crippen MR) is 86.3 cm³/mol. The van der Waals surface area contributed by atoms with Gasteiger partial charge in [-0.05, 0) is 43.7 Å². The van der Waals surface area contributed by atoms with Crippen molar-refractivity contribution in [2.75, 3.05) is 0 Å². The lowest BCUT2D eigenvalue weighted by Crippen LogP contribution is -2.03. The third-order valence-corrected chi connectivity index (χ3v) is 3.83. The summed E-state index contributed by atoms with van der Waals surface area (Å²) in [5, 5.41) is 4.58. The molecular formula is C18H14ClNO2. The molecule has 0 amide bonds. The summed E-state index contributed by atoms with van der Waals surface area (Å²) in [4.78, 5) is 12.8. The SMILES string of the molecule is Cc1noc(C)c1-c1ccccc1C(=O)c1ccc(Cl)cc1. The Hall–Kier alpha value is -2.39. The molecule has 0 spiro atoms. The summed E-state index contributed by atoms with van der Waals surface area (Å²) in [6.07, 6.45) is 0. The van der Waals surface area contributed by atoms with E-state index < -0.39 is 0 Å². The molecule has 3 aromatic rings. The van der Waals surface area contributed by atoms with E-state index >= 15 is 0 Å². The minimum absolute atomic E-state index is 0.0488. The highest BCUT2D eigenvalue weighted by Gasteiger charge is 2.19. The molecule has 3 rings (SSSR count). The van der Waals surface area contributed by atoms with E-state index in [9.17, 15) is 4.79 Å². The normalized spacial score (nSPS) is 10.7. The number of carbonyl (C=O) groups is 1. The van der Waals surface area contributed by atoms with E-state index in [1.54, 1.807) is 24.3 Å². The molecule has 0 aliphatic heterocycles. The van der Waals surface area contributed by atoms with E-state index in [2.05, 4.69) is 5.16 Å². The minimum Gasteiger partial charge on any atom is -0.361 e. The van der Waals surface area contributed by atoms with Gasteiger partial charge in [0.2, 0.25) is 0 Å². The van der Waals surface area contributed by atoms with Crippen molar-refractivity contribution >= 4 is 17.4 Å². The van der Waals surface area contributed by atoms with Crippen LogP contribution < -0.4 is 0 Å². The first-order chi connectivity index (χ1) is 10.6. The Morgan fingerprint density at radius 2 is 1.73 bits per heavy atom. The molecule has 110 valence electrons. The second kappa shape index (κ2) is 5.78. The van der Waals surface area contributed by atoms with Gasteiger partial charge in [-0.15, -0.1) is 0 Å². The van der Waals surface area contributed by atoms with Gasteiger partial charge in [0.1, 0.15) is 5.76 Å². The molecule has 0 N–H and O–H groups in total. The first-order valence-corrected chi connectivity index (χ1v) is 7.28. The fourth-order valence-electron chi connectivity index (χ4n) is 2.52. The maximum Gasteiger partial charge on any atom is 0.193 e. The molecule has 4 heteroatoms. The van der Waals surface area contributed by atoms with Crippen molar-refractivity contribution in [2.24, 2.45) is 0 Å². The van der Waals surface area contributed by atoms with E-state index in [0.717, 1.165) is 16.8 Å². The lowest BCUT2D eigenvalue weighted by molar-refractivity contribution is 0.103. The molecule has 0 saturated carbocycles. The van der Waals surface area contributed by atoms with Gasteiger partial charge in [0, 0.05) is 21.7 Å². The number of nitrogens with zero attached hydrogens (tertiary/aromatic N) is 1. The van der Waals surface area contributed by atoms with Crippen molar-refractivity contribution in [3.05, 3.63) is 76.1 Å². The zero-order valence-corrected chi connectivity index (χ0v) is 13.0. The van der Waals surface area contributed by atoms with Gasteiger partial charge in [0.25, 0.3) is 0 Å². The lowest BCUT2D eigenvalue weighted by Gasteiger charge is -2.08.